The Kier molecular flexibility index (Phi) is 3.82. The van der Waals surface area contributed by atoms with Gasteiger partial charge in [-0.25, -0.2) is 0 Å². The lowest BCUT2D eigenvalue weighted by Gasteiger charge is -2.10. The van der Waals surface area contributed by atoms with E-state index in [9.17, 15) is 10.1 Å². The molecule has 0 amide bonds. The van der Waals surface area contributed by atoms with Crippen LogP contribution in [-0.4, -0.2) is 20.9 Å². The number of nitrogens with zero attached hydrogens (tertiary/aromatic N) is 4. The number of hydrogen-bond acceptors (Lipinski definition) is 7. The lowest BCUT2D eigenvalue weighted by atomic mass is 10.2. The minimum atomic E-state index is -0.550. The molecular formula is C14H10N4O4S. The molecule has 2 heterocycles. The van der Waals surface area contributed by atoms with Crippen LogP contribution >= 0.6 is 11.3 Å². The first-order valence-corrected chi connectivity index (χ1v) is 7.46. The molecule has 8 nitrogen and oxygen atoms in total. The maximum atomic E-state index is 11.3. The normalized spacial score (nSPS) is 10.4. The molecule has 0 spiro atoms. The predicted molar refractivity (Wildman–Crippen MR) is 82.1 cm³/mol. The largest absolute Gasteiger partial charge is 0.490 e. The molecule has 1 aromatic carbocycles. The number of aromatic nitrogens is 2. The molecule has 0 saturated heterocycles. The van der Waals surface area contributed by atoms with Gasteiger partial charge in [-0.2, -0.15) is 14.6 Å². The Morgan fingerprint density at radius 1 is 1.48 bits per heavy atom. The van der Waals surface area contributed by atoms with Gasteiger partial charge >= 0.3 is 11.7 Å². The lowest BCUT2D eigenvalue weighted by molar-refractivity contribution is -0.391. The summed E-state index contributed by atoms with van der Waals surface area (Å²) in [7, 11) is 0. The molecule has 0 aliphatic heterocycles. The summed E-state index contributed by atoms with van der Waals surface area (Å²) in [6.45, 7) is 2.16. The van der Waals surface area contributed by atoms with Crippen LogP contribution in [0.2, 0.25) is 0 Å². The quantitative estimate of drug-likeness (QED) is 0.525. The molecule has 0 unspecified atom stereocenters. The third-order valence-electron chi connectivity index (χ3n) is 2.96. The highest BCUT2D eigenvalue weighted by atomic mass is 32.1. The zero-order valence-electron chi connectivity index (χ0n) is 11.9. The highest BCUT2D eigenvalue weighted by Gasteiger charge is 2.26. The van der Waals surface area contributed by atoms with Crippen molar-refractivity contribution in [1.29, 1.82) is 5.26 Å². The van der Waals surface area contributed by atoms with Gasteiger partial charge in [-0.15, -0.1) is 0 Å². The maximum Gasteiger partial charge on any atom is 0.393 e. The number of ether oxygens (including phenoxy) is 2. The molecule has 3 rings (SSSR count). The van der Waals surface area contributed by atoms with Crippen LogP contribution in [0.5, 0.6) is 17.4 Å². The molecule has 0 radical (unpaired) electrons. The van der Waals surface area contributed by atoms with Crippen LogP contribution in [-0.2, 0) is 0 Å². The summed E-state index contributed by atoms with van der Waals surface area (Å²) in [6, 6.07) is 6.59. The minimum absolute atomic E-state index is 0.118. The first-order chi connectivity index (χ1) is 11.1. The van der Waals surface area contributed by atoms with Crippen LogP contribution in [0.3, 0.4) is 0 Å². The van der Waals surface area contributed by atoms with Crippen LogP contribution in [0.25, 0.3) is 4.96 Å². The van der Waals surface area contributed by atoms with Crippen molar-refractivity contribution in [2.24, 2.45) is 0 Å². The monoisotopic (exact) mass is 330 g/mol. The van der Waals surface area contributed by atoms with Crippen LogP contribution in [0.4, 0.5) is 5.82 Å². The summed E-state index contributed by atoms with van der Waals surface area (Å²) in [4.78, 5) is 15.3. The van der Waals surface area contributed by atoms with Crippen molar-refractivity contribution in [3.8, 4) is 23.4 Å². The van der Waals surface area contributed by atoms with E-state index in [-0.39, 0.29) is 17.4 Å². The topological polar surface area (TPSA) is 103 Å². The van der Waals surface area contributed by atoms with E-state index in [1.54, 1.807) is 24.6 Å². The van der Waals surface area contributed by atoms with Crippen LogP contribution in [0.1, 0.15) is 12.5 Å². The van der Waals surface area contributed by atoms with Crippen LogP contribution in [0.15, 0.2) is 29.8 Å². The number of rotatable bonds is 5. The molecule has 0 aliphatic carbocycles. The number of benzene rings is 1. The first-order valence-electron chi connectivity index (χ1n) is 6.58. The Labute approximate surface area is 134 Å². The third kappa shape index (κ3) is 2.67. The highest BCUT2D eigenvalue weighted by Crippen LogP contribution is 2.37. The smallest absolute Gasteiger partial charge is 0.393 e. The van der Waals surface area contributed by atoms with E-state index < -0.39 is 4.92 Å². The molecule has 2 aromatic heterocycles. The molecule has 0 bridgehead atoms. The molecular weight excluding hydrogens is 320 g/mol. The highest BCUT2D eigenvalue weighted by molar-refractivity contribution is 7.15. The van der Waals surface area contributed by atoms with E-state index in [0.717, 1.165) is 0 Å². The van der Waals surface area contributed by atoms with E-state index >= 15 is 0 Å². The Morgan fingerprint density at radius 2 is 2.30 bits per heavy atom. The average Bonchev–Trinajstić information content (AvgIpc) is 3.09. The standard InChI is InChI=1S/C14H10N4O4S/c1-2-21-11-7-9(8-15)3-4-10(11)22-12-13(18(19)20)17-5-6-23-14(17)16-12/h3-7H,2H2,1H3. The molecule has 0 saturated carbocycles. The summed E-state index contributed by atoms with van der Waals surface area (Å²) in [5, 5.41) is 21.9. The van der Waals surface area contributed by atoms with Gasteiger partial charge in [0, 0.05) is 11.4 Å². The Balaban J connectivity index is 2.05. The molecule has 9 heteroatoms. The van der Waals surface area contributed by atoms with Gasteiger partial charge in [0.05, 0.1) is 18.2 Å². The third-order valence-corrected chi connectivity index (χ3v) is 3.71. The molecule has 23 heavy (non-hydrogen) atoms. The van der Waals surface area contributed by atoms with E-state index in [1.165, 1.54) is 27.9 Å². The van der Waals surface area contributed by atoms with Gasteiger partial charge in [0.2, 0.25) is 0 Å². The van der Waals surface area contributed by atoms with E-state index in [4.69, 9.17) is 14.7 Å². The lowest BCUT2D eigenvalue weighted by Crippen LogP contribution is -1.98. The Morgan fingerprint density at radius 3 is 3.00 bits per heavy atom. The predicted octanol–water partition coefficient (Wildman–Crippen LogP) is 3.37. The summed E-state index contributed by atoms with van der Waals surface area (Å²) in [5.41, 5.74) is 0.404. The summed E-state index contributed by atoms with van der Waals surface area (Å²) >= 11 is 1.26. The van der Waals surface area contributed by atoms with Gasteiger partial charge in [0.25, 0.3) is 4.96 Å². The fourth-order valence-electron chi connectivity index (χ4n) is 2.02. The second-order valence-corrected chi connectivity index (χ2v) is 5.23. The van der Waals surface area contributed by atoms with Gasteiger partial charge in [0.15, 0.2) is 11.5 Å². The van der Waals surface area contributed by atoms with Crippen LogP contribution < -0.4 is 9.47 Å². The van der Waals surface area contributed by atoms with Gasteiger partial charge in [-0.05, 0) is 24.0 Å². The average molecular weight is 330 g/mol. The van der Waals surface area contributed by atoms with Gasteiger partial charge < -0.3 is 19.6 Å². The minimum Gasteiger partial charge on any atom is -0.490 e. The number of nitriles is 1. The number of fused-ring (bicyclic) bond motifs is 1. The van der Waals surface area contributed by atoms with Crippen molar-refractivity contribution in [3.63, 3.8) is 0 Å². The molecule has 3 aromatic rings. The summed E-state index contributed by atoms with van der Waals surface area (Å²) < 4.78 is 12.4. The van der Waals surface area contributed by atoms with Crippen molar-refractivity contribution >= 4 is 22.1 Å². The first kappa shape index (κ1) is 14.8. The molecule has 0 N–H and O–H groups in total. The number of imidazole rings is 1. The van der Waals surface area contributed by atoms with Gasteiger partial charge in [-0.3, -0.25) is 0 Å². The van der Waals surface area contributed by atoms with Gasteiger partial charge in [0.1, 0.15) is 6.20 Å². The Bertz CT molecular complexity index is 925. The fraction of sp³-hybridized carbons (Fsp3) is 0.143. The summed E-state index contributed by atoms with van der Waals surface area (Å²) in [6.07, 6.45) is 1.56. The molecule has 0 atom stereocenters. The number of nitro groups is 1. The SMILES string of the molecule is CCOc1cc(C#N)ccc1Oc1nc2sccn2c1[N+](=O)[O-]. The van der Waals surface area contributed by atoms with E-state index in [1.807, 2.05) is 6.07 Å². The fourth-order valence-corrected chi connectivity index (χ4v) is 2.72. The number of hydrogen-bond donors (Lipinski definition) is 0. The van der Waals surface area contributed by atoms with Gasteiger partial charge in [-0.1, -0.05) is 11.3 Å². The van der Waals surface area contributed by atoms with Crippen molar-refractivity contribution < 1.29 is 14.4 Å². The second-order valence-electron chi connectivity index (χ2n) is 4.36. The van der Waals surface area contributed by atoms with E-state index in [0.29, 0.717) is 22.9 Å². The Hall–Kier alpha value is -3.12. The summed E-state index contributed by atoms with van der Waals surface area (Å²) in [5.74, 6) is 0.220. The molecule has 0 fully saturated rings. The second kappa shape index (κ2) is 5.94. The van der Waals surface area contributed by atoms with Crippen LogP contribution in [0, 0.1) is 21.4 Å². The van der Waals surface area contributed by atoms with Crippen molar-refractivity contribution in [2.75, 3.05) is 6.61 Å². The maximum absolute atomic E-state index is 11.3. The molecule has 116 valence electrons. The van der Waals surface area contributed by atoms with Crippen molar-refractivity contribution in [1.82, 2.24) is 9.38 Å². The van der Waals surface area contributed by atoms with Crippen molar-refractivity contribution in [3.05, 3.63) is 45.5 Å². The zero-order chi connectivity index (χ0) is 16.4. The molecule has 0 aliphatic rings. The van der Waals surface area contributed by atoms with E-state index in [2.05, 4.69) is 4.98 Å². The van der Waals surface area contributed by atoms with Crippen molar-refractivity contribution in [2.45, 2.75) is 6.92 Å². The zero-order valence-corrected chi connectivity index (χ0v) is 12.7. The number of thiazole rings is 1.